The van der Waals surface area contributed by atoms with Crippen molar-refractivity contribution in [2.45, 2.75) is 109 Å². The minimum atomic E-state index is -0.750. The fourth-order valence-corrected chi connectivity index (χ4v) is 7.65. The van der Waals surface area contributed by atoms with Crippen molar-refractivity contribution in [2.75, 3.05) is 36.5 Å². The molecular weight excluding hydrogens is 600 g/mol. The lowest BCUT2D eigenvalue weighted by atomic mass is 9.83. The van der Waals surface area contributed by atoms with Crippen LogP contribution in [0.4, 0.5) is 11.4 Å². The highest BCUT2D eigenvalue weighted by molar-refractivity contribution is 5.75. The van der Waals surface area contributed by atoms with Gasteiger partial charge in [0.05, 0.1) is 29.9 Å². The minimum Gasteiger partial charge on any atom is -0.390 e. The van der Waals surface area contributed by atoms with Crippen LogP contribution in [-0.4, -0.2) is 43.5 Å². The highest BCUT2D eigenvalue weighted by Crippen LogP contribution is 2.36. The smallest absolute Gasteiger partial charge is 0.253 e. The van der Waals surface area contributed by atoms with E-state index in [2.05, 4.69) is 52.8 Å². The van der Waals surface area contributed by atoms with Gasteiger partial charge in [-0.2, -0.15) is 5.26 Å². The Morgan fingerprint density at radius 1 is 0.958 bits per heavy atom. The third-order valence-electron chi connectivity index (χ3n) is 10.4. The van der Waals surface area contributed by atoms with E-state index in [1.54, 1.807) is 12.1 Å². The summed E-state index contributed by atoms with van der Waals surface area (Å²) in [7, 11) is 0. The highest BCUT2D eigenvalue weighted by Gasteiger charge is 2.35. The summed E-state index contributed by atoms with van der Waals surface area (Å²) in [5, 5.41) is 27.3. The Bertz CT molecular complexity index is 1510. The lowest BCUT2D eigenvalue weighted by Gasteiger charge is -2.40. The van der Waals surface area contributed by atoms with Gasteiger partial charge in [0.2, 0.25) is 0 Å². The molecule has 1 unspecified atom stereocenters. The number of nitrogens with one attached hydrogen (secondary N) is 2. The molecule has 0 amide bonds. The second kappa shape index (κ2) is 18.3. The molecule has 0 spiro atoms. The molecule has 0 bridgehead atoms. The number of rotatable bonds is 18. The number of benzene rings is 2. The van der Waals surface area contributed by atoms with Gasteiger partial charge in [0.15, 0.2) is 0 Å². The van der Waals surface area contributed by atoms with Crippen molar-refractivity contribution in [3.8, 4) is 6.07 Å². The van der Waals surface area contributed by atoms with E-state index in [0.29, 0.717) is 49.1 Å². The summed E-state index contributed by atoms with van der Waals surface area (Å²) >= 11 is 0. The number of hydrogen-bond acceptors (Lipinski definition) is 8. The summed E-state index contributed by atoms with van der Waals surface area (Å²) in [6, 6.07) is 19.6. The van der Waals surface area contributed by atoms with Crippen molar-refractivity contribution in [2.24, 2.45) is 11.8 Å². The third kappa shape index (κ3) is 9.56. The van der Waals surface area contributed by atoms with Crippen molar-refractivity contribution >= 4 is 11.4 Å². The molecule has 2 aliphatic rings. The zero-order valence-corrected chi connectivity index (χ0v) is 28.7. The van der Waals surface area contributed by atoms with Gasteiger partial charge in [0.25, 0.3) is 10.9 Å². The molecule has 1 aliphatic carbocycles. The molecule has 0 aromatic heterocycles. The summed E-state index contributed by atoms with van der Waals surface area (Å²) in [4.78, 5) is 28.4. The summed E-state index contributed by atoms with van der Waals surface area (Å²) in [5.41, 5.74) is 2.73. The Kier molecular flexibility index (Phi) is 13.6. The number of hydrogen-bond donors (Lipinski definition) is 3. The van der Waals surface area contributed by atoms with Crippen LogP contribution in [0.15, 0.2) is 64.2 Å². The number of aliphatic hydroxyl groups excluding tert-OH is 1. The predicted octanol–water partition coefficient (Wildman–Crippen LogP) is 6.61. The van der Waals surface area contributed by atoms with Gasteiger partial charge in [-0.05, 0) is 54.9 Å². The SMILES string of the molecule is CCCCCCO[C@@H](c1ccccc1)C1CCCN(c2c(N[C@@H](CC3CCCCC3)[C@H](O)CNCc3ccc(C#N)cc3)c(=O)c2=O)C1. The summed E-state index contributed by atoms with van der Waals surface area (Å²) < 4.78 is 6.57. The zero-order chi connectivity index (χ0) is 33.7. The van der Waals surface area contributed by atoms with Gasteiger partial charge in [-0.15, -0.1) is 0 Å². The van der Waals surface area contributed by atoms with E-state index in [1.807, 2.05) is 18.2 Å². The maximum Gasteiger partial charge on any atom is 0.253 e. The molecular formula is C40H54N4O4. The highest BCUT2D eigenvalue weighted by atomic mass is 16.5. The minimum absolute atomic E-state index is 0.0680. The molecule has 48 heavy (non-hydrogen) atoms. The van der Waals surface area contributed by atoms with E-state index < -0.39 is 17.0 Å². The Balaban J connectivity index is 1.28. The first-order valence-corrected chi connectivity index (χ1v) is 18.4. The van der Waals surface area contributed by atoms with Crippen LogP contribution in [0, 0.1) is 23.2 Å². The molecule has 8 heteroatoms. The molecule has 8 nitrogen and oxygen atoms in total. The average molecular weight is 655 g/mol. The number of ether oxygens (including phenoxy) is 1. The van der Waals surface area contributed by atoms with Crippen molar-refractivity contribution in [3.05, 3.63) is 91.7 Å². The zero-order valence-electron chi connectivity index (χ0n) is 28.7. The van der Waals surface area contributed by atoms with Crippen LogP contribution in [0.1, 0.15) is 107 Å². The second-order valence-corrected chi connectivity index (χ2v) is 14.0. The molecule has 1 saturated heterocycles. The second-order valence-electron chi connectivity index (χ2n) is 14.0. The van der Waals surface area contributed by atoms with Gasteiger partial charge < -0.3 is 25.4 Å². The van der Waals surface area contributed by atoms with Crippen molar-refractivity contribution < 1.29 is 9.84 Å². The molecule has 1 heterocycles. The quantitative estimate of drug-likeness (QED) is 0.104. The van der Waals surface area contributed by atoms with E-state index in [1.165, 1.54) is 32.1 Å². The first kappa shape index (κ1) is 35.8. The molecule has 1 aliphatic heterocycles. The Hall–Kier alpha value is -3.51. The van der Waals surface area contributed by atoms with Gasteiger partial charge in [0, 0.05) is 38.7 Å². The van der Waals surface area contributed by atoms with Crippen LogP contribution in [-0.2, 0) is 11.3 Å². The summed E-state index contributed by atoms with van der Waals surface area (Å²) in [5.74, 6) is 0.666. The maximum absolute atomic E-state index is 13.2. The lowest BCUT2D eigenvalue weighted by Crippen LogP contribution is -2.50. The Morgan fingerprint density at radius 2 is 1.73 bits per heavy atom. The van der Waals surface area contributed by atoms with E-state index in [0.717, 1.165) is 62.6 Å². The number of nitriles is 1. The van der Waals surface area contributed by atoms with Crippen LogP contribution < -0.4 is 26.4 Å². The van der Waals surface area contributed by atoms with Gasteiger partial charge in [-0.1, -0.05) is 101 Å². The molecule has 3 aromatic carbocycles. The van der Waals surface area contributed by atoms with Crippen LogP contribution in [0.3, 0.4) is 0 Å². The monoisotopic (exact) mass is 654 g/mol. The average Bonchev–Trinajstić information content (AvgIpc) is 3.13. The first-order chi connectivity index (χ1) is 23.5. The molecule has 5 rings (SSSR count). The largest absolute Gasteiger partial charge is 0.390 e. The third-order valence-corrected chi connectivity index (χ3v) is 10.4. The maximum atomic E-state index is 13.2. The van der Waals surface area contributed by atoms with Crippen LogP contribution in [0.2, 0.25) is 0 Å². The Morgan fingerprint density at radius 3 is 2.46 bits per heavy atom. The van der Waals surface area contributed by atoms with E-state index in [-0.39, 0.29) is 18.1 Å². The first-order valence-electron chi connectivity index (χ1n) is 18.4. The number of unbranched alkanes of at least 4 members (excludes halogenated alkanes) is 3. The topological polar surface area (TPSA) is 115 Å². The molecule has 2 fully saturated rings. The molecule has 3 N–H and O–H groups in total. The fraction of sp³-hybridized carbons (Fsp3) is 0.575. The van der Waals surface area contributed by atoms with Gasteiger partial charge in [-0.25, -0.2) is 0 Å². The lowest BCUT2D eigenvalue weighted by molar-refractivity contribution is 0.00400. The van der Waals surface area contributed by atoms with Crippen LogP contribution >= 0.6 is 0 Å². The predicted molar refractivity (Wildman–Crippen MR) is 193 cm³/mol. The van der Waals surface area contributed by atoms with Crippen molar-refractivity contribution in [1.82, 2.24) is 5.32 Å². The fourth-order valence-electron chi connectivity index (χ4n) is 7.65. The molecule has 258 valence electrons. The summed E-state index contributed by atoms with van der Waals surface area (Å²) in [6.45, 7) is 5.19. The van der Waals surface area contributed by atoms with E-state index in [4.69, 9.17) is 10.00 Å². The standard InChI is InChI=1S/C40H54N4O4/c1-2-3-4-11-23-48-40(32-15-9-6-10-16-32)33-17-12-22-44(28-33)37-36(38(46)39(37)47)43-34(24-29-13-7-5-8-14-29)35(45)27-42-26-31-20-18-30(25-41)19-21-31/h6,9-10,15-16,18-21,29,33-35,40,42-43,45H,2-5,7-8,11-14,17,22-24,26-28H2,1H3/t33?,34-,35+,40-/m0/s1. The van der Waals surface area contributed by atoms with E-state index in [9.17, 15) is 14.7 Å². The number of aliphatic hydroxyl groups is 1. The summed E-state index contributed by atoms with van der Waals surface area (Å²) in [6.07, 6.45) is 12.3. The van der Waals surface area contributed by atoms with Crippen LogP contribution in [0.25, 0.3) is 0 Å². The molecule has 1 saturated carbocycles. The Labute approximate surface area is 286 Å². The van der Waals surface area contributed by atoms with Crippen LogP contribution in [0.5, 0.6) is 0 Å². The molecule has 0 radical (unpaired) electrons. The van der Waals surface area contributed by atoms with Gasteiger partial charge >= 0.3 is 0 Å². The number of nitrogens with zero attached hydrogens (tertiary/aromatic N) is 2. The van der Waals surface area contributed by atoms with E-state index >= 15 is 0 Å². The normalized spacial score (nSPS) is 19.1. The number of anilines is 2. The van der Waals surface area contributed by atoms with Gasteiger partial charge in [0.1, 0.15) is 11.4 Å². The molecule has 3 aromatic rings. The van der Waals surface area contributed by atoms with Crippen molar-refractivity contribution in [3.63, 3.8) is 0 Å². The molecule has 4 atom stereocenters. The van der Waals surface area contributed by atoms with Crippen molar-refractivity contribution in [1.29, 1.82) is 5.26 Å². The number of piperidine rings is 1. The van der Waals surface area contributed by atoms with Gasteiger partial charge in [-0.3, -0.25) is 9.59 Å².